The van der Waals surface area contributed by atoms with E-state index < -0.39 is 155 Å². The van der Waals surface area contributed by atoms with Crippen molar-refractivity contribution in [3.8, 4) is 0 Å². The van der Waals surface area contributed by atoms with E-state index in [0.29, 0.717) is 6.42 Å². The minimum Gasteiger partial charge on any atom is -0.463 e. The Hall–Kier alpha value is -1.33. The topological polar surface area (TPSA) is 354 Å². The van der Waals surface area contributed by atoms with Crippen LogP contribution >= 0.6 is 0 Å². The van der Waals surface area contributed by atoms with Gasteiger partial charge >= 0.3 is 5.97 Å². The van der Waals surface area contributed by atoms with E-state index in [-0.39, 0.29) is 6.42 Å². The van der Waals surface area contributed by atoms with Crippen LogP contribution in [0.2, 0.25) is 0 Å². The monoisotopic (exact) mass is 764 g/mol. The van der Waals surface area contributed by atoms with Gasteiger partial charge in [-0.15, -0.1) is 0 Å². The van der Waals surface area contributed by atoms with Crippen molar-refractivity contribution in [2.75, 3.05) is 26.4 Å². The van der Waals surface area contributed by atoms with Crippen molar-refractivity contribution >= 4 is 5.97 Å². The number of unbranched alkanes of at least 4 members (excludes halogenated alkanes) is 2. The first kappa shape index (κ1) is 43.4. The van der Waals surface area contributed by atoms with Crippen LogP contribution < -0.4 is 0 Å². The Balaban J connectivity index is 1.51. The normalized spacial score (nSPS) is 47.3. The highest BCUT2D eigenvalue weighted by molar-refractivity contribution is 5.69. The van der Waals surface area contributed by atoms with Gasteiger partial charge in [0, 0.05) is 6.42 Å². The summed E-state index contributed by atoms with van der Waals surface area (Å²) in [5, 5.41) is 135. The summed E-state index contributed by atoms with van der Waals surface area (Å²) in [6.45, 7) is -1.25. The van der Waals surface area contributed by atoms with Crippen LogP contribution in [0.4, 0.5) is 0 Å². The summed E-state index contributed by atoms with van der Waals surface area (Å²) in [4.78, 5) is 12.5. The molecule has 13 N–H and O–H groups in total. The van der Waals surface area contributed by atoms with E-state index in [4.69, 9.17) is 37.9 Å². The predicted octanol–water partition coefficient (Wildman–Crippen LogP) is -7.62. The number of hydrogen-bond acceptors (Lipinski definition) is 22. The van der Waals surface area contributed by atoms with E-state index in [1.807, 2.05) is 6.92 Å². The average Bonchev–Trinajstić information content (AvgIpc) is 3.13. The molecule has 0 saturated carbocycles. The minimum absolute atomic E-state index is 0.0197. The molecule has 4 aliphatic rings. The van der Waals surface area contributed by atoms with Crippen molar-refractivity contribution < 1.29 is 109 Å². The van der Waals surface area contributed by atoms with E-state index in [1.165, 1.54) is 0 Å². The molecule has 0 aliphatic carbocycles. The van der Waals surface area contributed by atoms with Crippen LogP contribution in [-0.2, 0) is 42.7 Å². The molecule has 304 valence electrons. The fourth-order valence-corrected chi connectivity index (χ4v) is 6.30. The lowest BCUT2D eigenvalue weighted by Gasteiger charge is -2.49. The molecule has 22 heteroatoms. The van der Waals surface area contributed by atoms with Crippen LogP contribution in [-0.4, -0.2) is 222 Å². The van der Waals surface area contributed by atoms with Gasteiger partial charge in [0.25, 0.3) is 0 Å². The molecule has 4 rings (SSSR count). The minimum atomic E-state index is -2.05. The fraction of sp³-hybridized carbons (Fsp3) is 0.967. The molecule has 0 radical (unpaired) electrons. The van der Waals surface area contributed by atoms with Crippen LogP contribution in [0.3, 0.4) is 0 Å². The van der Waals surface area contributed by atoms with Gasteiger partial charge in [-0.3, -0.25) is 4.79 Å². The maximum Gasteiger partial charge on any atom is 0.305 e. The summed E-state index contributed by atoms with van der Waals surface area (Å²) in [7, 11) is 0. The number of esters is 1. The molecule has 0 aromatic heterocycles. The fourth-order valence-electron chi connectivity index (χ4n) is 6.30. The van der Waals surface area contributed by atoms with Crippen LogP contribution in [0.15, 0.2) is 0 Å². The Kier molecular flexibility index (Phi) is 16.3. The Labute approximate surface area is 297 Å². The van der Waals surface area contributed by atoms with E-state index in [0.717, 1.165) is 12.8 Å². The first-order chi connectivity index (χ1) is 24.7. The number of ether oxygens (including phenoxy) is 8. The van der Waals surface area contributed by atoms with Crippen molar-refractivity contribution in [2.24, 2.45) is 0 Å². The third kappa shape index (κ3) is 9.72. The summed E-state index contributed by atoms with van der Waals surface area (Å²) in [5.41, 5.74) is 0. The Morgan fingerprint density at radius 3 is 1.42 bits per heavy atom. The van der Waals surface area contributed by atoms with E-state index in [2.05, 4.69) is 0 Å². The van der Waals surface area contributed by atoms with Crippen molar-refractivity contribution in [1.29, 1.82) is 0 Å². The first-order valence-electron chi connectivity index (χ1n) is 17.1. The maximum absolute atomic E-state index is 12.5. The standard InChI is InChI=1S/C30H52O22/c1-2-3-4-5-14(34)45-9-13-26(19(39)23(43)30(49-13)50-24-11(7-32)46-27(44)20(40)17(24)37)52-29-22(42)18(38)25(12(8-33)48-29)51-28-21(41)16(36)15(35)10(6-31)47-28/h10-13,15-33,35-44H,2-9H2,1H3/t10-,11-,12-,13-,15-,16+,17-,18-,19-,20-,21-,22-,23-,24-,25-,26-,27?,28-,29-,30-/m1/s1. The summed E-state index contributed by atoms with van der Waals surface area (Å²) in [6, 6.07) is 0. The zero-order valence-electron chi connectivity index (χ0n) is 28.2. The Morgan fingerprint density at radius 1 is 0.500 bits per heavy atom. The third-order valence-electron chi connectivity index (χ3n) is 9.42. The van der Waals surface area contributed by atoms with Gasteiger partial charge < -0.3 is 104 Å². The van der Waals surface area contributed by atoms with Crippen LogP contribution in [0.25, 0.3) is 0 Å². The third-order valence-corrected chi connectivity index (χ3v) is 9.42. The Bertz CT molecular complexity index is 1080. The van der Waals surface area contributed by atoms with Crippen LogP contribution in [0.1, 0.15) is 32.6 Å². The molecular formula is C30H52O22. The molecule has 52 heavy (non-hydrogen) atoms. The molecule has 1 unspecified atom stereocenters. The first-order valence-corrected chi connectivity index (χ1v) is 17.1. The second-order valence-corrected chi connectivity index (χ2v) is 13.1. The molecule has 4 fully saturated rings. The number of rotatable bonds is 15. The van der Waals surface area contributed by atoms with Crippen molar-refractivity contribution in [1.82, 2.24) is 0 Å². The molecule has 4 heterocycles. The summed E-state index contributed by atoms with van der Waals surface area (Å²) in [5.74, 6) is -0.666. The van der Waals surface area contributed by atoms with E-state index >= 15 is 0 Å². The molecule has 0 bridgehead atoms. The highest BCUT2D eigenvalue weighted by Crippen LogP contribution is 2.34. The van der Waals surface area contributed by atoms with E-state index in [1.54, 1.807) is 0 Å². The number of carbonyl (C=O) groups excluding carboxylic acids is 1. The molecule has 20 atom stereocenters. The summed E-state index contributed by atoms with van der Waals surface area (Å²) >= 11 is 0. The van der Waals surface area contributed by atoms with Crippen LogP contribution in [0, 0.1) is 0 Å². The van der Waals surface area contributed by atoms with Gasteiger partial charge in [0.15, 0.2) is 25.2 Å². The van der Waals surface area contributed by atoms with Crippen molar-refractivity contribution in [2.45, 2.75) is 155 Å². The molecule has 4 saturated heterocycles. The van der Waals surface area contributed by atoms with Gasteiger partial charge in [-0.25, -0.2) is 0 Å². The lowest BCUT2D eigenvalue weighted by Crippen LogP contribution is -2.67. The quantitative estimate of drug-likeness (QED) is 0.0544. The number of hydrogen-bond donors (Lipinski definition) is 13. The van der Waals surface area contributed by atoms with Gasteiger partial charge in [-0.05, 0) is 6.42 Å². The molecule has 0 spiro atoms. The molecule has 0 aromatic carbocycles. The molecular weight excluding hydrogens is 712 g/mol. The number of aliphatic hydroxyl groups is 13. The van der Waals surface area contributed by atoms with E-state index in [9.17, 15) is 71.2 Å². The summed E-state index contributed by atoms with van der Waals surface area (Å²) < 4.78 is 44.0. The number of carbonyl (C=O) groups is 1. The van der Waals surface area contributed by atoms with Gasteiger partial charge in [0.2, 0.25) is 0 Å². The van der Waals surface area contributed by atoms with Crippen LogP contribution in [0.5, 0.6) is 0 Å². The SMILES string of the molecule is CCCCCC(=O)OC[C@H]1O[C@H](O[C@H]2[C@H](O)[C@@H](O)C(O)O[C@@H]2CO)[C@H](O)[C@@H](O)[C@@H]1O[C@H]1O[C@H](CO)[C@@H](O[C@H]2O[C@H](CO)[C@@H](O)[C@H](O)[C@H]2O)[C@H](O)[C@H]1O. The highest BCUT2D eigenvalue weighted by Gasteiger charge is 2.55. The van der Waals surface area contributed by atoms with Gasteiger partial charge in [0.1, 0.15) is 104 Å². The Morgan fingerprint density at radius 2 is 0.923 bits per heavy atom. The van der Waals surface area contributed by atoms with Gasteiger partial charge in [-0.2, -0.15) is 0 Å². The van der Waals surface area contributed by atoms with Crippen molar-refractivity contribution in [3.05, 3.63) is 0 Å². The molecule has 0 amide bonds. The zero-order valence-corrected chi connectivity index (χ0v) is 28.2. The largest absolute Gasteiger partial charge is 0.463 e. The lowest BCUT2D eigenvalue weighted by molar-refractivity contribution is -0.387. The average molecular weight is 765 g/mol. The second kappa shape index (κ2) is 19.5. The van der Waals surface area contributed by atoms with Gasteiger partial charge in [0.05, 0.1) is 19.8 Å². The van der Waals surface area contributed by atoms with Gasteiger partial charge in [-0.1, -0.05) is 19.8 Å². The lowest BCUT2D eigenvalue weighted by atomic mass is 9.95. The second-order valence-electron chi connectivity index (χ2n) is 13.1. The molecule has 0 aromatic rings. The summed E-state index contributed by atoms with van der Waals surface area (Å²) in [6.07, 6.45) is -33.8. The highest BCUT2D eigenvalue weighted by atomic mass is 16.8. The smallest absolute Gasteiger partial charge is 0.305 e. The number of aliphatic hydroxyl groups excluding tert-OH is 13. The molecule has 22 nitrogen and oxygen atoms in total. The van der Waals surface area contributed by atoms with Crippen molar-refractivity contribution in [3.63, 3.8) is 0 Å². The zero-order chi connectivity index (χ0) is 38.4. The maximum atomic E-state index is 12.5. The molecule has 4 aliphatic heterocycles. The predicted molar refractivity (Wildman–Crippen MR) is 162 cm³/mol.